The first-order valence-electron chi connectivity index (χ1n) is 5.53. The number of halogens is 2. The number of carbonyl (C=O) groups excluding carboxylic acids is 1. The van der Waals surface area contributed by atoms with E-state index in [4.69, 9.17) is 5.11 Å². The summed E-state index contributed by atoms with van der Waals surface area (Å²) >= 11 is 0. The lowest BCUT2D eigenvalue weighted by atomic mass is 10.1. The summed E-state index contributed by atoms with van der Waals surface area (Å²) in [5.74, 6) is -1.46. The van der Waals surface area contributed by atoms with Gasteiger partial charge in [0.25, 0.3) is 5.91 Å². The van der Waals surface area contributed by atoms with Gasteiger partial charge in [0.2, 0.25) is 0 Å². The molecular formula is C12H16Cl2N2O3. The Bertz CT molecular complexity index is 468. The summed E-state index contributed by atoms with van der Waals surface area (Å²) in [5.41, 5.74) is 1.17. The Morgan fingerprint density at radius 2 is 2.05 bits per heavy atom. The fourth-order valence-electron chi connectivity index (χ4n) is 1.97. The molecule has 2 heterocycles. The molecule has 1 amide bonds. The molecule has 0 aromatic carbocycles. The molecule has 1 N–H and O–H groups in total. The second-order valence-electron chi connectivity index (χ2n) is 4.24. The van der Waals surface area contributed by atoms with Crippen molar-refractivity contribution in [3.63, 3.8) is 0 Å². The second kappa shape index (κ2) is 7.31. The van der Waals surface area contributed by atoms with Crippen LogP contribution >= 0.6 is 24.8 Å². The van der Waals surface area contributed by atoms with Crippen LogP contribution in [0.15, 0.2) is 18.2 Å². The molecule has 1 unspecified atom stereocenters. The minimum Gasteiger partial charge on any atom is -0.481 e. The molecule has 1 aromatic heterocycles. The van der Waals surface area contributed by atoms with Crippen LogP contribution < -0.4 is 0 Å². The molecule has 5 nitrogen and oxygen atoms in total. The Morgan fingerprint density at radius 1 is 1.37 bits per heavy atom. The van der Waals surface area contributed by atoms with Crippen molar-refractivity contribution in [1.29, 1.82) is 0 Å². The van der Waals surface area contributed by atoms with E-state index in [1.54, 1.807) is 17.0 Å². The van der Waals surface area contributed by atoms with Gasteiger partial charge in [-0.2, -0.15) is 0 Å². The standard InChI is InChI=1S/C12H14N2O3.2ClH/c1-8-3-2-4-10(13-8)11(15)14-6-5-9(7-14)12(16)17;;/h2-4,9H,5-7H2,1H3,(H,16,17);2*1H. The molecule has 1 fully saturated rings. The van der Waals surface area contributed by atoms with E-state index in [1.165, 1.54) is 0 Å². The zero-order chi connectivity index (χ0) is 12.4. The van der Waals surface area contributed by atoms with Crippen LogP contribution in [-0.2, 0) is 4.79 Å². The van der Waals surface area contributed by atoms with Crippen molar-refractivity contribution in [2.24, 2.45) is 5.92 Å². The van der Waals surface area contributed by atoms with E-state index in [0.717, 1.165) is 5.69 Å². The predicted octanol–water partition coefficient (Wildman–Crippen LogP) is 1.78. The highest BCUT2D eigenvalue weighted by Crippen LogP contribution is 2.18. The van der Waals surface area contributed by atoms with E-state index in [9.17, 15) is 9.59 Å². The van der Waals surface area contributed by atoms with Crippen molar-refractivity contribution in [2.75, 3.05) is 13.1 Å². The molecule has 1 saturated heterocycles. The summed E-state index contributed by atoms with van der Waals surface area (Å²) in [6, 6.07) is 5.25. The number of amides is 1. The number of aliphatic carboxylic acids is 1. The smallest absolute Gasteiger partial charge is 0.308 e. The highest BCUT2D eigenvalue weighted by Gasteiger charge is 2.31. The van der Waals surface area contributed by atoms with E-state index < -0.39 is 11.9 Å². The van der Waals surface area contributed by atoms with Crippen LogP contribution in [0.4, 0.5) is 0 Å². The number of hydrogen-bond acceptors (Lipinski definition) is 3. The van der Waals surface area contributed by atoms with Crippen molar-refractivity contribution in [2.45, 2.75) is 13.3 Å². The van der Waals surface area contributed by atoms with Crippen LogP contribution in [-0.4, -0.2) is 40.0 Å². The largest absolute Gasteiger partial charge is 0.481 e. The maximum absolute atomic E-state index is 12.0. The molecule has 2 rings (SSSR count). The van der Waals surface area contributed by atoms with Crippen LogP contribution in [0.3, 0.4) is 0 Å². The summed E-state index contributed by atoms with van der Waals surface area (Å²) in [6.07, 6.45) is 0.521. The zero-order valence-corrected chi connectivity index (χ0v) is 12.0. The number of aryl methyl sites for hydroxylation is 1. The topological polar surface area (TPSA) is 70.5 Å². The maximum atomic E-state index is 12.0. The SMILES string of the molecule is Cc1cccc(C(=O)N2CCC(C(=O)O)C2)n1.Cl.Cl. The van der Waals surface area contributed by atoms with E-state index in [1.807, 2.05) is 13.0 Å². The number of aromatic nitrogens is 1. The first kappa shape index (κ1) is 17.7. The van der Waals surface area contributed by atoms with Gasteiger partial charge in [0, 0.05) is 18.8 Å². The number of carboxylic acids is 1. The van der Waals surface area contributed by atoms with E-state index >= 15 is 0 Å². The molecule has 0 radical (unpaired) electrons. The third-order valence-electron chi connectivity index (χ3n) is 2.93. The summed E-state index contributed by atoms with van der Waals surface area (Å²) in [7, 11) is 0. The quantitative estimate of drug-likeness (QED) is 0.904. The molecule has 1 atom stereocenters. The fourth-order valence-corrected chi connectivity index (χ4v) is 1.97. The van der Waals surface area contributed by atoms with Gasteiger partial charge >= 0.3 is 5.97 Å². The van der Waals surface area contributed by atoms with Gasteiger partial charge in [0.1, 0.15) is 5.69 Å². The van der Waals surface area contributed by atoms with Gasteiger partial charge in [0.15, 0.2) is 0 Å². The van der Waals surface area contributed by atoms with Crippen LogP contribution in [0.2, 0.25) is 0 Å². The number of pyridine rings is 1. The summed E-state index contributed by atoms with van der Waals surface area (Å²) in [4.78, 5) is 28.5. The monoisotopic (exact) mass is 306 g/mol. The zero-order valence-electron chi connectivity index (χ0n) is 10.4. The Morgan fingerprint density at radius 3 is 2.58 bits per heavy atom. The van der Waals surface area contributed by atoms with Gasteiger partial charge in [-0.1, -0.05) is 6.07 Å². The summed E-state index contributed by atoms with van der Waals surface area (Å²) in [6.45, 7) is 2.59. The van der Waals surface area contributed by atoms with Crippen LogP contribution in [0.5, 0.6) is 0 Å². The molecule has 1 aliphatic heterocycles. The average Bonchev–Trinajstić information content (AvgIpc) is 2.77. The molecule has 1 aliphatic rings. The van der Waals surface area contributed by atoms with Crippen LogP contribution in [0, 0.1) is 12.8 Å². The lowest BCUT2D eigenvalue weighted by Gasteiger charge is -2.15. The van der Waals surface area contributed by atoms with Crippen molar-refractivity contribution >= 4 is 36.7 Å². The first-order chi connectivity index (χ1) is 8.08. The molecule has 19 heavy (non-hydrogen) atoms. The Balaban J connectivity index is 0.00000162. The number of rotatable bonds is 2. The third-order valence-corrected chi connectivity index (χ3v) is 2.93. The molecular weight excluding hydrogens is 291 g/mol. The van der Waals surface area contributed by atoms with E-state index in [0.29, 0.717) is 18.7 Å². The molecule has 7 heteroatoms. The number of nitrogens with zero attached hydrogens (tertiary/aromatic N) is 2. The Kier molecular flexibility index (Phi) is 6.79. The first-order valence-corrected chi connectivity index (χ1v) is 5.53. The molecule has 0 spiro atoms. The minimum absolute atomic E-state index is 0. The Labute approximate surface area is 123 Å². The fraction of sp³-hybridized carbons (Fsp3) is 0.417. The summed E-state index contributed by atoms with van der Waals surface area (Å²) < 4.78 is 0. The number of carbonyl (C=O) groups is 2. The third kappa shape index (κ3) is 4.08. The highest BCUT2D eigenvalue weighted by molar-refractivity contribution is 5.93. The second-order valence-corrected chi connectivity index (χ2v) is 4.24. The van der Waals surface area contributed by atoms with E-state index in [2.05, 4.69) is 4.98 Å². The van der Waals surface area contributed by atoms with Crippen LogP contribution in [0.1, 0.15) is 22.6 Å². The highest BCUT2D eigenvalue weighted by atomic mass is 35.5. The van der Waals surface area contributed by atoms with Crippen LogP contribution in [0.25, 0.3) is 0 Å². The lowest BCUT2D eigenvalue weighted by molar-refractivity contribution is -0.141. The van der Waals surface area contributed by atoms with Gasteiger partial charge in [-0.25, -0.2) is 4.98 Å². The van der Waals surface area contributed by atoms with Gasteiger partial charge in [-0.15, -0.1) is 24.8 Å². The van der Waals surface area contributed by atoms with E-state index in [-0.39, 0.29) is 37.3 Å². The summed E-state index contributed by atoms with van der Waals surface area (Å²) in [5, 5.41) is 8.87. The Hall–Kier alpha value is -1.33. The molecule has 0 saturated carbocycles. The number of hydrogen-bond donors (Lipinski definition) is 1. The van der Waals surface area contributed by atoms with Crippen molar-refractivity contribution < 1.29 is 14.7 Å². The lowest BCUT2D eigenvalue weighted by Crippen LogP contribution is -2.30. The molecule has 1 aromatic rings. The maximum Gasteiger partial charge on any atom is 0.308 e. The molecule has 106 valence electrons. The normalized spacial score (nSPS) is 17.3. The van der Waals surface area contributed by atoms with Gasteiger partial charge in [0.05, 0.1) is 5.92 Å². The van der Waals surface area contributed by atoms with Gasteiger partial charge < -0.3 is 10.0 Å². The van der Waals surface area contributed by atoms with Crippen molar-refractivity contribution in [3.8, 4) is 0 Å². The van der Waals surface area contributed by atoms with Gasteiger partial charge in [-0.3, -0.25) is 9.59 Å². The molecule has 0 bridgehead atoms. The molecule has 0 aliphatic carbocycles. The van der Waals surface area contributed by atoms with Crippen molar-refractivity contribution in [3.05, 3.63) is 29.6 Å². The minimum atomic E-state index is -0.836. The predicted molar refractivity (Wildman–Crippen MR) is 75.1 cm³/mol. The van der Waals surface area contributed by atoms with Crippen molar-refractivity contribution in [1.82, 2.24) is 9.88 Å². The van der Waals surface area contributed by atoms with Gasteiger partial charge in [-0.05, 0) is 25.5 Å². The average molecular weight is 307 g/mol. The number of likely N-dealkylation sites (tertiary alicyclic amines) is 1. The number of carboxylic acid groups (broad SMARTS) is 1.